The molecule has 5 heteroatoms. The first kappa shape index (κ1) is 18.6. The highest BCUT2D eigenvalue weighted by Gasteiger charge is 2.12. The molecule has 28 heavy (non-hydrogen) atoms. The van der Waals surface area contributed by atoms with E-state index in [1.165, 1.54) is 6.07 Å². The number of fused-ring (bicyclic) bond motifs is 1. The van der Waals surface area contributed by atoms with E-state index in [1.807, 2.05) is 61.5 Å². The number of aryl methyl sites for hydroxylation is 1. The third-order valence-electron chi connectivity index (χ3n) is 4.60. The average molecular weight is 392 g/mol. The number of para-hydroxylation sites is 3. The Morgan fingerprint density at radius 3 is 2.57 bits per heavy atom. The molecule has 3 nitrogen and oxygen atoms in total. The lowest BCUT2D eigenvalue weighted by molar-refractivity contribution is 0.294. The van der Waals surface area contributed by atoms with E-state index < -0.39 is 0 Å². The summed E-state index contributed by atoms with van der Waals surface area (Å²) in [4.78, 5) is 4.75. The van der Waals surface area contributed by atoms with Crippen LogP contribution < -0.4 is 4.74 Å². The number of aromatic nitrogens is 2. The van der Waals surface area contributed by atoms with E-state index in [9.17, 15) is 4.39 Å². The van der Waals surface area contributed by atoms with Crippen LogP contribution in [-0.4, -0.2) is 16.2 Å². The number of halogens is 1. The molecule has 0 bridgehead atoms. The second-order valence-corrected chi connectivity index (χ2v) is 7.47. The van der Waals surface area contributed by atoms with Crippen LogP contribution in [-0.2, 0) is 12.3 Å². The molecule has 0 aliphatic rings. The molecule has 4 aromatic rings. The fourth-order valence-corrected chi connectivity index (χ4v) is 4.13. The van der Waals surface area contributed by atoms with Crippen LogP contribution >= 0.6 is 11.8 Å². The smallest absolute Gasteiger partial charge is 0.169 e. The second-order valence-electron chi connectivity index (χ2n) is 6.53. The van der Waals surface area contributed by atoms with Gasteiger partial charge in [0.15, 0.2) is 5.16 Å². The Labute approximate surface area is 168 Å². The van der Waals surface area contributed by atoms with Crippen LogP contribution in [0.3, 0.4) is 0 Å². The van der Waals surface area contributed by atoms with E-state index in [4.69, 9.17) is 9.72 Å². The van der Waals surface area contributed by atoms with Crippen molar-refractivity contribution in [2.45, 2.75) is 24.4 Å². The van der Waals surface area contributed by atoms with Gasteiger partial charge in [0.05, 0.1) is 17.6 Å². The maximum atomic E-state index is 14.0. The van der Waals surface area contributed by atoms with Crippen LogP contribution in [0.25, 0.3) is 11.0 Å². The molecule has 0 N–H and O–H groups in total. The minimum Gasteiger partial charge on any atom is -0.491 e. The number of hydrogen-bond donors (Lipinski definition) is 0. The van der Waals surface area contributed by atoms with Crippen molar-refractivity contribution in [2.24, 2.45) is 0 Å². The Hall–Kier alpha value is -2.79. The van der Waals surface area contributed by atoms with Gasteiger partial charge in [-0.25, -0.2) is 9.37 Å². The van der Waals surface area contributed by atoms with Crippen molar-refractivity contribution >= 4 is 22.8 Å². The van der Waals surface area contributed by atoms with Crippen LogP contribution in [0.15, 0.2) is 78.0 Å². The zero-order chi connectivity index (χ0) is 19.3. The number of rotatable bonds is 7. The third-order valence-corrected chi connectivity index (χ3v) is 5.63. The first-order valence-electron chi connectivity index (χ1n) is 9.22. The molecule has 1 aromatic heterocycles. The molecule has 0 amide bonds. The molecule has 1 heterocycles. The summed E-state index contributed by atoms with van der Waals surface area (Å²) < 4.78 is 22.1. The van der Waals surface area contributed by atoms with Gasteiger partial charge < -0.3 is 9.30 Å². The zero-order valence-corrected chi connectivity index (χ0v) is 16.5. The van der Waals surface area contributed by atoms with Gasteiger partial charge in [-0.15, -0.1) is 0 Å². The lowest BCUT2D eigenvalue weighted by Crippen LogP contribution is -2.09. The van der Waals surface area contributed by atoms with Crippen LogP contribution in [0.1, 0.15) is 11.1 Å². The molecule has 0 fully saturated rings. The van der Waals surface area contributed by atoms with Crippen molar-refractivity contribution < 1.29 is 9.13 Å². The summed E-state index contributed by atoms with van der Waals surface area (Å²) in [6, 6.07) is 22.9. The van der Waals surface area contributed by atoms with Crippen molar-refractivity contribution in [3.05, 3.63) is 89.7 Å². The van der Waals surface area contributed by atoms with Crippen molar-refractivity contribution in [1.82, 2.24) is 9.55 Å². The van der Waals surface area contributed by atoms with Gasteiger partial charge in [0, 0.05) is 5.75 Å². The summed E-state index contributed by atoms with van der Waals surface area (Å²) in [7, 11) is 0. The first-order valence-corrected chi connectivity index (χ1v) is 10.2. The molecule has 0 saturated heterocycles. The van der Waals surface area contributed by atoms with Crippen LogP contribution in [0, 0.1) is 12.7 Å². The largest absolute Gasteiger partial charge is 0.491 e. The van der Waals surface area contributed by atoms with Crippen LogP contribution in [0.5, 0.6) is 5.75 Å². The first-order chi connectivity index (χ1) is 13.7. The maximum Gasteiger partial charge on any atom is 0.169 e. The van der Waals surface area contributed by atoms with E-state index in [0.29, 0.717) is 24.5 Å². The average Bonchev–Trinajstić information content (AvgIpc) is 3.06. The van der Waals surface area contributed by atoms with Crippen molar-refractivity contribution in [3.63, 3.8) is 0 Å². The molecule has 0 radical (unpaired) electrons. The summed E-state index contributed by atoms with van der Waals surface area (Å²) in [6.45, 7) is 3.25. The molecule has 0 aliphatic carbocycles. The lowest BCUT2D eigenvalue weighted by Gasteiger charge is -2.12. The Kier molecular flexibility index (Phi) is 5.63. The second kappa shape index (κ2) is 8.48. The summed E-state index contributed by atoms with van der Waals surface area (Å²) in [5.74, 6) is 1.25. The van der Waals surface area contributed by atoms with Gasteiger partial charge in [-0.05, 0) is 42.3 Å². The molecule has 0 spiro atoms. The highest BCUT2D eigenvalue weighted by atomic mass is 32.2. The lowest BCUT2D eigenvalue weighted by atomic mass is 10.2. The summed E-state index contributed by atoms with van der Waals surface area (Å²) >= 11 is 1.55. The minimum atomic E-state index is -0.180. The van der Waals surface area contributed by atoms with Crippen molar-refractivity contribution in [1.29, 1.82) is 0 Å². The predicted octanol–water partition coefficient (Wildman–Crippen LogP) is 5.86. The van der Waals surface area contributed by atoms with Gasteiger partial charge >= 0.3 is 0 Å². The SMILES string of the molecule is Cc1ccccc1OCCn1c(SCc2ccccc2F)nc2ccccc21. The Morgan fingerprint density at radius 1 is 0.964 bits per heavy atom. The monoisotopic (exact) mass is 392 g/mol. The van der Waals surface area contributed by atoms with Gasteiger partial charge in [0.1, 0.15) is 18.2 Å². The number of nitrogens with zero attached hydrogens (tertiary/aromatic N) is 2. The number of thioether (sulfide) groups is 1. The number of imidazole rings is 1. The quantitative estimate of drug-likeness (QED) is 0.369. The van der Waals surface area contributed by atoms with Gasteiger partial charge in [-0.2, -0.15) is 0 Å². The highest BCUT2D eigenvalue weighted by molar-refractivity contribution is 7.98. The van der Waals surface area contributed by atoms with E-state index in [-0.39, 0.29) is 5.82 Å². The Bertz CT molecular complexity index is 1090. The minimum absolute atomic E-state index is 0.180. The summed E-state index contributed by atoms with van der Waals surface area (Å²) in [6.07, 6.45) is 0. The van der Waals surface area contributed by atoms with Gasteiger partial charge in [0.2, 0.25) is 0 Å². The molecule has 3 aromatic carbocycles. The van der Waals surface area contributed by atoms with Gasteiger partial charge in [-0.1, -0.05) is 60.3 Å². The molecule has 0 saturated carbocycles. The van der Waals surface area contributed by atoms with E-state index in [0.717, 1.165) is 27.5 Å². The standard InChI is InChI=1S/C23H21FN2OS/c1-17-8-2-7-13-22(17)27-15-14-26-21-12-6-5-11-20(21)25-23(26)28-16-18-9-3-4-10-19(18)24/h2-13H,14-16H2,1H3. The van der Waals surface area contributed by atoms with Crippen LogP contribution in [0.2, 0.25) is 0 Å². The fourth-order valence-electron chi connectivity index (χ4n) is 3.10. The maximum absolute atomic E-state index is 14.0. The Balaban J connectivity index is 1.53. The predicted molar refractivity (Wildman–Crippen MR) is 112 cm³/mol. The van der Waals surface area contributed by atoms with Crippen LogP contribution in [0.4, 0.5) is 4.39 Å². The molecule has 0 aliphatic heterocycles. The number of ether oxygens (including phenoxy) is 1. The van der Waals surface area contributed by atoms with Crippen molar-refractivity contribution in [3.8, 4) is 5.75 Å². The zero-order valence-electron chi connectivity index (χ0n) is 15.6. The fraction of sp³-hybridized carbons (Fsp3) is 0.174. The van der Waals surface area contributed by atoms with Crippen molar-refractivity contribution in [2.75, 3.05) is 6.61 Å². The van der Waals surface area contributed by atoms with E-state index in [1.54, 1.807) is 17.8 Å². The number of hydrogen-bond acceptors (Lipinski definition) is 3. The third kappa shape index (κ3) is 4.04. The van der Waals surface area contributed by atoms with E-state index in [2.05, 4.69) is 10.6 Å². The van der Waals surface area contributed by atoms with E-state index >= 15 is 0 Å². The highest BCUT2D eigenvalue weighted by Crippen LogP contribution is 2.27. The molecular formula is C23H21FN2OS. The Morgan fingerprint density at radius 2 is 1.71 bits per heavy atom. The molecule has 0 unspecified atom stereocenters. The molecule has 4 rings (SSSR count). The summed E-state index contributed by atoms with van der Waals surface area (Å²) in [5, 5.41) is 0.873. The topological polar surface area (TPSA) is 27.1 Å². The molecule has 0 atom stereocenters. The summed E-state index contributed by atoms with van der Waals surface area (Å²) in [5.41, 5.74) is 3.80. The number of benzene rings is 3. The van der Waals surface area contributed by atoms with Gasteiger partial charge in [0.25, 0.3) is 0 Å². The van der Waals surface area contributed by atoms with Gasteiger partial charge in [-0.3, -0.25) is 0 Å². The molecular weight excluding hydrogens is 371 g/mol. The molecule has 142 valence electrons. The normalized spacial score (nSPS) is 11.1.